The highest BCUT2D eigenvalue weighted by Gasteiger charge is 2.09. The van der Waals surface area contributed by atoms with Gasteiger partial charge in [-0.3, -0.25) is 9.36 Å². The Morgan fingerprint density at radius 3 is 2.33 bits per heavy atom. The van der Waals surface area contributed by atoms with Crippen LogP contribution in [0.4, 0.5) is 0 Å². The predicted molar refractivity (Wildman–Crippen MR) is 71.0 cm³/mol. The Morgan fingerprint density at radius 1 is 1.17 bits per heavy atom. The van der Waals surface area contributed by atoms with Crippen molar-refractivity contribution in [3.63, 3.8) is 0 Å². The zero-order chi connectivity index (χ0) is 13.3. The first-order chi connectivity index (χ1) is 8.54. The average Bonchev–Trinajstić information content (AvgIpc) is 2.30. The fourth-order valence-electron chi connectivity index (χ4n) is 2.31. The Balaban J connectivity index is 2.79. The van der Waals surface area contributed by atoms with E-state index in [9.17, 15) is 4.79 Å². The minimum Gasteiger partial charge on any atom is -0.283 e. The van der Waals surface area contributed by atoms with E-state index < -0.39 is 0 Å². The van der Waals surface area contributed by atoms with E-state index in [1.807, 2.05) is 39.0 Å². The topological polar surface area (TPSA) is 45.8 Å². The van der Waals surface area contributed by atoms with Gasteiger partial charge in [-0.25, -0.2) is 0 Å². The monoisotopic (exact) mass is 238 g/mol. The molecule has 0 aliphatic rings. The van der Waals surface area contributed by atoms with Gasteiger partial charge in [0.2, 0.25) is 0 Å². The van der Waals surface area contributed by atoms with E-state index in [0.717, 1.165) is 16.8 Å². The molecule has 0 saturated heterocycles. The van der Waals surface area contributed by atoms with E-state index in [4.69, 9.17) is 5.26 Å². The molecule has 1 aromatic carbocycles. The number of nitrogens with zero attached hydrogens (tertiary/aromatic N) is 2. The summed E-state index contributed by atoms with van der Waals surface area (Å²) in [6, 6.07) is 9.25. The molecule has 0 aliphatic heterocycles. The molecule has 2 aromatic rings. The first-order valence-electron chi connectivity index (χ1n) is 5.74. The van der Waals surface area contributed by atoms with Gasteiger partial charge >= 0.3 is 0 Å². The lowest BCUT2D eigenvalue weighted by atomic mass is 10.0. The summed E-state index contributed by atoms with van der Waals surface area (Å²) >= 11 is 0. The van der Waals surface area contributed by atoms with Gasteiger partial charge in [-0.2, -0.15) is 5.26 Å². The van der Waals surface area contributed by atoms with Crippen LogP contribution in [-0.4, -0.2) is 4.57 Å². The van der Waals surface area contributed by atoms with Crippen molar-refractivity contribution in [3.8, 4) is 11.8 Å². The van der Waals surface area contributed by atoms with Gasteiger partial charge in [0.15, 0.2) is 0 Å². The molecule has 0 amide bonds. The van der Waals surface area contributed by atoms with Crippen LogP contribution in [0.25, 0.3) is 5.69 Å². The first-order valence-corrected chi connectivity index (χ1v) is 5.74. The molecule has 0 aliphatic carbocycles. The van der Waals surface area contributed by atoms with Crippen molar-refractivity contribution >= 4 is 0 Å². The predicted octanol–water partition coefficient (Wildman–Crippen LogP) is 2.63. The lowest BCUT2D eigenvalue weighted by Gasteiger charge is -2.13. The van der Waals surface area contributed by atoms with Gasteiger partial charge in [0.05, 0.1) is 5.69 Å². The maximum atomic E-state index is 12.1. The first kappa shape index (κ1) is 12.1. The van der Waals surface area contributed by atoms with Crippen molar-refractivity contribution in [1.82, 2.24) is 4.57 Å². The largest absolute Gasteiger partial charge is 0.283 e. The molecular formula is C15H14N2O. The maximum Gasteiger partial charge on any atom is 0.273 e. The molecule has 3 nitrogen and oxygen atoms in total. The van der Waals surface area contributed by atoms with E-state index in [-0.39, 0.29) is 11.1 Å². The summed E-state index contributed by atoms with van der Waals surface area (Å²) in [5.41, 5.74) is 3.99. The number of aromatic nitrogens is 1. The number of pyridine rings is 1. The molecule has 3 heteroatoms. The molecule has 90 valence electrons. The molecule has 2 rings (SSSR count). The van der Waals surface area contributed by atoms with Gasteiger partial charge < -0.3 is 0 Å². The lowest BCUT2D eigenvalue weighted by molar-refractivity contribution is 0.956. The van der Waals surface area contributed by atoms with Gasteiger partial charge in [0.25, 0.3) is 5.56 Å². The van der Waals surface area contributed by atoms with Gasteiger partial charge in [-0.1, -0.05) is 17.7 Å². The molecule has 0 bridgehead atoms. The van der Waals surface area contributed by atoms with E-state index in [2.05, 4.69) is 0 Å². The van der Waals surface area contributed by atoms with E-state index in [1.54, 1.807) is 16.8 Å². The number of hydrogen-bond acceptors (Lipinski definition) is 2. The summed E-state index contributed by atoms with van der Waals surface area (Å²) in [4.78, 5) is 12.1. The third-order valence-electron chi connectivity index (χ3n) is 2.94. The van der Waals surface area contributed by atoms with Crippen molar-refractivity contribution in [2.75, 3.05) is 0 Å². The van der Waals surface area contributed by atoms with Crippen LogP contribution < -0.4 is 5.56 Å². The number of nitriles is 1. The van der Waals surface area contributed by atoms with Gasteiger partial charge in [0, 0.05) is 6.20 Å². The molecule has 0 N–H and O–H groups in total. The number of rotatable bonds is 1. The molecule has 1 aromatic heterocycles. The Labute approximate surface area is 106 Å². The Kier molecular flexibility index (Phi) is 3.03. The molecule has 0 saturated carbocycles. The standard InChI is InChI=1S/C15H14N2O/c1-10-7-11(2)14(12(3)8-10)17-6-4-5-13(9-16)15(17)18/h4-8H,1-3H3. The molecule has 0 atom stereocenters. The van der Waals surface area contributed by atoms with Crippen LogP contribution in [0.3, 0.4) is 0 Å². The Morgan fingerprint density at radius 2 is 1.78 bits per heavy atom. The van der Waals surface area contributed by atoms with E-state index >= 15 is 0 Å². The van der Waals surface area contributed by atoms with Crippen LogP contribution in [0.1, 0.15) is 22.3 Å². The van der Waals surface area contributed by atoms with Crippen molar-refractivity contribution < 1.29 is 0 Å². The Hall–Kier alpha value is -2.34. The molecule has 0 spiro atoms. The van der Waals surface area contributed by atoms with Crippen LogP contribution >= 0.6 is 0 Å². The second-order valence-corrected chi connectivity index (χ2v) is 4.46. The summed E-state index contributed by atoms with van der Waals surface area (Å²) in [7, 11) is 0. The molecule has 0 unspecified atom stereocenters. The normalized spacial score (nSPS) is 10.1. The zero-order valence-corrected chi connectivity index (χ0v) is 10.7. The molecule has 0 radical (unpaired) electrons. The summed E-state index contributed by atoms with van der Waals surface area (Å²) in [6.07, 6.45) is 1.70. The van der Waals surface area contributed by atoms with Crippen LogP contribution in [0.5, 0.6) is 0 Å². The highest BCUT2D eigenvalue weighted by atomic mass is 16.1. The third-order valence-corrected chi connectivity index (χ3v) is 2.94. The van der Waals surface area contributed by atoms with Crippen LogP contribution in [0, 0.1) is 32.1 Å². The molecule has 18 heavy (non-hydrogen) atoms. The average molecular weight is 238 g/mol. The van der Waals surface area contributed by atoms with E-state index in [1.165, 1.54) is 11.6 Å². The van der Waals surface area contributed by atoms with Crippen LogP contribution in [-0.2, 0) is 0 Å². The van der Waals surface area contributed by atoms with Gasteiger partial charge in [-0.15, -0.1) is 0 Å². The van der Waals surface area contributed by atoms with Gasteiger partial charge in [0.1, 0.15) is 11.6 Å². The SMILES string of the molecule is Cc1cc(C)c(-n2cccc(C#N)c2=O)c(C)c1. The lowest BCUT2D eigenvalue weighted by Crippen LogP contribution is -2.21. The Bertz CT molecular complexity index is 682. The fraction of sp³-hybridized carbons (Fsp3) is 0.200. The minimum absolute atomic E-state index is 0.164. The summed E-state index contributed by atoms with van der Waals surface area (Å²) in [5, 5.41) is 8.91. The van der Waals surface area contributed by atoms with Crippen LogP contribution in [0.2, 0.25) is 0 Å². The van der Waals surface area contributed by atoms with Crippen molar-refractivity contribution in [3.05, 3.63) is 63.1 Å². The highest BCUT2D eigenvalue weighted by molar-refractivity contribution is 5.50. The zero-order valence-electron chi connectivity index (χ0n) is 10.7. The van der Waals surface area contributed by atoms with Gasteiger partial charge in [-0.05, 0) is 44.0 Å². The summed E-state index contributed by atoms with van der Waals surface area (Å²) in [5.74, 6) is 0. The summed E-state index contributed by atoms with van der Waals surface area (Å²) < 4.78 is 1.54. The fourth-order valence-corrected chi connectivity index (χ4v) is 2.31. The van der Waals surface area contributed by atoms with Crippen molar-refractivity contribution in [1.29, 1.82) is 5.26 Å². The molecule has 0 fully saturated rings. The highest BCUT2D eigenvalue weighted by Crippen LogP contribution is 2.19. The van der Waals surface area contributed by atoms with Crippen LogP contribution in [0.15, 0.2) is 35.3 Å². The van der Waals surface area contributed by atoms with Crippen molar-refractivity contribution in [2.24, 2.45) is 0 Å². The molecule has 1 heterocycles. The van der Waals surface area contributed by atoms with E-state index in [0.29, 0.717) is 0 Å². The smallest absolute Gasteiger partial charge is 0.273 e. The second-order valence-electron chi connectivity index (χ2n) is 4.46. The molecular weight excluding hydrogens is 224 g/mol. The number of aryl methyl sites for hydroxylation is 3. The minimum atomic E-state index is -0.268. The quantitative estimate of drug-likeness (QED) is 0.766. The third kappa shape index (κ3) is 1.93. The summed E-state index contributed by atoms with van der Waals surface area (Å²) in [6.45, 7) is 5.97. The second kappa shape index (κ2) is 4.50. The number of benzene rings is 1. The maximum absolute atomic E-state index is 12.1. The van der Waals surface area contributed by atoms with Crippen molar-refractivity contribution in [2.45, 2.75) is 20.8 Å². The number of hydrogen-bond donors (Lipinski definition) is 0.